The molecule has 0 atom stereocenters. The number of hydrogen-bond acceptors (Lipinski definition) is 6. The van der Waals surface area contributed by atoms with Gasteiger partial charge in [0.1, 0.15) is 24.7 Å². The molecule has 0 bridgehead atoms. The lowest BCUT2D eigenvalue weighted by molar-refractivity contribution is -0.299. The molecule has 0 unspecified atom stereocenters. The standard InChI is InChI=1S/C18H26O6/c1-5-21-23-11-14(12-24-22-6-2)9-15-10-17-16(7-8-20-17)13(3)18(15)19-4/h9-10H,5-8,11-12H2,1-4H3. The van der Waals surface area contributed by atoms with Crippen molar-refractivity contribution >= 4 is 6.08 Å². The lowest BCUT2D eigenvalue weighted by atomic mass is 9.99. The van der Waals surface area contributed by atoms with Crippen LogP contribution in [-0.4, -0.2) is 40.1 Å². The second-order valence-electron chi connectivity index (χ2n) is 5.34. The van der Waals surface area contributed by atoms with Crippen molar-refractivity contribution in [1.82, 2.24) is 0 Å². The van der Waals surface area contributed by atoms with Gasteiger partial charge in [0.05, 0.1) is 26.9 Å². The Kier molecular flexibility index (Phi) is 7.52. The molecule has 1 aliphatic rings. The van der Waals surface area contributed by atoms with E-state index in [0.717, 1.165) is 34.6 Å². The predicted octanol–water partition coefficient (Wildman–Crippen LogP) is 3.26. The first-order chi connectivity index (χ1) is 11.7. The fourth-order valence-corrected chi connectivity index (χ4v) is 2.66. The van der Waals surface area contributed by atoms with Gasteiger partial charge in [-0.15, -0.1) is 0 Å². The number of fused-ring (bicyclic) bond motifs is 1. The zero-order valence-electron chi connectivity index (χ0n) is 14.8. The second kappa shape index (κ2) is 9.64. The summed E-state index contributed by atoms with van der Waals surface area (Å²) in [5.41, 5.74) is 4.11. The molecule has 0 amide bonds. The Labute approximate surface area is 143 Å². The van der Waals surface area contributed by atoms with Gasteiger partial charge in [0, 0.05) is 17.5 Å². The Morgan fingerprint density at radius 1 is 1.12 bits per heavy atom. The summed E-state index contributed by atoms with van der Waals surface area (Å²) in [7, 11) is 1.68. The summed E-state index contributed by atoms with van der Waals surface area (Å²) in [4.78, 5) is 20.3. The van der Waals surface area contributed by atoms with Gasteiger partial charge in [0.2, 0.25) is 0 Å². The molecular formula is C18H26O6. The Morgan fingerprint density at radius 2 is 1.79 bits per heavy atom. The summed E-state index contributed by atoms with van der Waals surface area (Å²) in [6.07, 6.45) is 2.88. The molecule has 1 aromatic rings. The van der Waals surface area contributed by atoms with Gasteiger partial charge in [-0.25, -0.2) is 19.6 Å². The smallest absolute Gasteiger partial charge is 0.129 e. The normalized spacial score (nSPS) is 12.7. The molecule has 134 valence electrons. The Hall–Kier alpha value is -1.60. The molecule has 0 N–H and O–H groups in total. The number of ether oxygens (including phenoxy) is 2. The first-order valence-electron chi connectivity index (χ1n) is 8.22. The van der Waals surface area contributed by atoms with Crippen molar-refractivity contribution < 1.29 is 29.0 Å². The monoisotopic (exact) mass is 338 g/mol. The van der Waals surface area contributed by atoms with Crippen molar-refractivity contribution in [3.63, 3.8) is 0 Å². The van der Waals surface area contributed by atoms with E-state index in [4.69, 9.17) is 29.0 Å². The minimum atomic E-state index is 0.279. The highest BCUT2D eigenvalue weighted by Crippen LogP contribution is 2.38. The van der Waals surface area contributed by atoms with E-state index in [1.165, 1.54) is 5.56 Å². The van der Waals surface area contributed by atoms with E-state index in [0.29, 0.717) is 19.8 Å². The average molecular weight is 338 g/mol. The van der Waals surface area contributed by atoms with Gasteiger partial charge in [-0.05, 0) is 44.1 Å². The maximum Gasteiger partial charge on any atom is 0.129 e. The number of benzene rings is 1. The van der Waals surface area contributed by atoms with Crippen LogP contribution in [0.1, 0.15) is 30.5 Å². The summed E-state index contributed by atoms with van der Waals surface area (Å²) in [5, 5.41) is 0. The number of rotatable bonds is 10. The molecule has 1 heterocycles. The van der Waals surface area contributed by atoms with Crippen molar-refractivity contribution in [2.45, 2.75) is 27.2 Å². The van der Waals surface area contributed by atoms with Crippen molar-refractivity contribution in [2.24, 2.45) is 0 Å². The fraction of sp³-hybridized carbons (Fsp3) is 0.556. The first-order valence-corrected chi connectivity index (χ1v) is 8.22. The van der Waals surface area contributed by atoms with Crippen LogP contribution in [0.4, 0.5) is 0 Å². The number of methoxy groups -OCH3 is 1. The minimum Gasteiger partial charge on any atom is -0.496 e. The van der Waals surface area contributed by atoms with E-state index in [9.17, 15) is 0 Å². The minimum absolute atomic E-state index is 0.279. The van der Waals surface area contributed by atoms with Gasteiger partial charge < -0.3 is 9.47 Å². The largest absolute Gasteiger partial charge is 0.496 e. The van der Waals surface area contributed by atoms with E-state index in [1.807, 2.05) is 26.0 Å². The van der Waals surface area contributed by atoms with Crippen LogP contribution in [0.2, 0.25) is 0 Å². The molecule has 2 rings (SSSR count). The van der Waals surface area contributed by atoms with Crippen molar-refractivity contribution in [1.29, 1.82) is 0 Å². The molecule has 6 nitrogen and oxygen atoms in total. The van der Waals surface area contributed by atoms with Gasteiger partial charge in [-0.3, -0.25) is 0 Å². The molecule has 0 fully saturated rings. The third-order valence-corrected chi connectivity index (χ3v) is 3.70. The molecule has 0 aliphatic carbocycles. The van der Waals surface area contributed by atoms with Crippen LogP contribution >= 0.6 is 0 Å². The second-order valence-corrected chi connectivity index (χ2v) is 5.34. The maximum absolute atomic E-state index is 5.70. The average Bonchev–Trinajstić information content (AvgIpc) is 3.04. The van der Waals surface area contributed by atoms with Crippen molar-refractivity contribution in [3.8, 4) is 11.5 Å². The molecule has 0 spiro atoms. The van der Waals surface area contributed by atoms with Crippen LogP contribution in [0, 0.1) is 6.92 Å². The van der Waals surface area contributed by atoms with Gasteiger partial charge in [0.25, 0.3) is 0 Å². The third kappa shape index (κ3) is 4.70. The quantitative estimate of drug-likeness (QED) is 0.371. The lowest BCUT2D eigenvalue weighted by Crippen LogP contribution is -2.07. The molecule has 1 aromatic carbocycles. The topological polar surface area (TPSA) is 55.4 Å². The van der Waals surface area contributed by atoms with E-state index in [2.05, 4.69) is 6.92 Å². The Morgan fingerprint density at radius 3 is 2.38 bits per heavy atom. The molecule has 0 saturated carbocycles. The molecule has 0 radical (unpaired) electrons. The van der Waals surface area contributed by atoms with Gasteiger partial charge >= 0.3 is 0 Å². The van der Waals surface area contributed by atoms with Crippen LogP contribution in [0.15, 0.2) is 11.6 Å². The van der Waals surface area contributed by atoms with Crippen LogP contribution in [-0.2, 0) is 26.0 Å². The van der Waals surface area contributed by atoms with E-state index >= 15 is 0 Å². The maximum atomic E-state index is 5.70. The molecule has 0 saturated heterocycles. The highest BCUT2D eigenvalue weighted by Gasteiger charge is 2.20. The summed E-state index contributed by atoms with van der Waals surface area (Å²) in [6.45, 7) is 8.01. The molecule has 24 heavy (non-hydrogen) atoms. The van der Waals surface area contributed by atoms with E-state index in [-0.39, 0.29) is 13.2 Å². The molecule has 6 heteroatoms. The summed E-state index contributed by atoms with van der Waals surface area (Å²) < 4.78 is 11.3. The first kappa shape index (κ1) is 18.7. The summed E-state index contributed by atoms with van der Waals surface area (Å²) in [6, 6.07) is 2.00. The molecule has 0 aromatic heterocycles. The Balaban J connectivity index is 2.27. The lowest BCUT2D eigenvalue weighted by Gasteiger charge is -2.14. The zero-order chi connectivity index (χ0) is 17.4. The van der Waals surface area contributed by atoms with E-state index < -0.39 is 0 Å². The summed E-state index contributed by atoms with van der Waals surface area (Å²) >= 11 is 0. The zero-order valence-corrected chi connectivity index (χ0v) is 14.8. The van der Waals surface area contributed by atoms with Gasteiger partial charge in [0.15, 0.2) is 0 Å². The van der Waals surface area contributed by atoms with Crippen LogP contribution in [0.25, 0.3) is 6.08 Å². The highest BCUT2D eigenvalue weighted by atomic mass is 17.2. The van der Waals surface area contributed by atoms with Gasteiger partial charge in [-0.2, -0.15) is 0 Å². The third-order valence-electron chi connectivity index (χ3n) is 3.70. The predicted molar refractivity (Wildman–Crippen MR) is 90.1 cm³/mol. The SMILES string of the molecule is CCOOCC(=Cc1cc2c(c(C)c1OC)CCO2)COOCC. The molecule has 1 aliphatic heterocycles. The van der Waals surface area contributed by atoms with Crippen LogP contribution in [0.5, 0.6) is 11.5 Å². The molecular weight excluding hydrogens is 312 g/mol. The van der Waals surface area contributed by atoms with Crippen molar-refractivity contribution in [2.75, 3.05) is 40.1 Å². The fourth-order valence-electron chi connectivity index (χ4n) is 2.66. The summed E-state index contributed by atoms with van der Waals surface area (Å²) in [5.74, 6) is 1.75. The van der Waals surface area contributed by atoms with E-state index in [1.54, 1.807) is 7.11 Å². The van der Waals surface area contributed by atoms with Crippen LogP contribution < -0.4 is 9.47 Å². The highest BCUT2D eigenvalue weighted by molar-refractivity contribution is 5.67. The van der Waals surface area contributed by atoms with Crippen LogP contribution in [0.3, 0.4) is 0 Å². The number of hydrogen-bond donors (Lipinski definition) is 0. The Bertz CT molecular complexity index is 555. The van der Waals surface area contributed by atoms with Crippen molar-refractivity contribution in [3.05, 3.63) is 28.3 Å². The van der Waals surface area contributed by atoms with Gasteiger partial charge in [-0.1, -0.05) is 0 Å².